The van der Waals surface area contributed by atoms with Crippen molar-refractivity contribution in [1.29, 1.82) is 0 Å². The summed E-state index contributed by atoms with van der Waals surface area (Å²) in [4.78, 5) is 4.51. The summed E-state index contributed by atoms with van der Waals surface area (Å²) in [5, 5.41) is 0. The molecule has 2 rings (SSSR count). The van der Waals surface area contributed by atoms with Crippen LogP contribution < -0.4 is 0 Å². The molecule has 15 heavy (non-hydrogen) atoms. The molecule has 1 aromatic carbocycles. The fourth-order valence-corrected chi connectivity index (χ4v) is 2.97. The Kier molecular flexibility index (Phi) is 2.65. The largest absolute Gasteiger partial charge is 0.531 e. The molecule has 0 radical (unpaired) electrons. The second-order valence-electron chi connectivity index (χ2n) is 4.62. The third-order valence-corrected chi connectivity index (χ3v) is 6.35. The van der Waals surface area contributed by atoms with E-state index in [-0.39, 0.29) is 0 Å². The molecule has 1 aromatic rings. The van der Waals surface area contributed by atoms with Crippen LogP contribution in [0.2, 0.25) is 18.6 Å². The second-order valence-corrected chi connectivity index (χ2v) is 9.02. The van der Waals surface area contributed by atoms with Gasteiger partial charge in [-0.3, -0.25) is 4.99 Å². The van der Waals surface area contributed by atoms with Crippen molar-refractivity contribution in [2.75, 3.05) is 6.54 Å². The number of nitrogens with zero attached hydrogens (tertiary/aromatic N) is 1. The lowest BCUT2D eigenvalue weighted by atomic mass is 10.2. The topological polar surface area (TPSA) is 21.6 Å². The highest BCUT2D eigenvalue weighted by Crippen LogP contribution is 2.28. The molecule has 0 spiro atoms. The van der Waals surface area contributed by atoms with Gasteiger partial charge in [0.25, 0.3) is 8.32 Å². The minimum absolute atomic E-state index is 0.602. The van der Waals surface area contributed by atoms with Crippen molar-refractivity contribution in [3.05, 3.63) is 35.9 Å². The van der Waals surface area contributed by atoms with Crippen LogP contribution in [0.1, 0.15) is 12.5 Å². The van der Waals surface area contributed by atoms with Gasteiger partial charge in [0.2, 0.25) is 5.90 Å². The molecule has 0 amide bonds. The van der Waals surface area contributed by atoms with Crippen LogP contribution in [0.4, 0.5) is 0 Å². The fourth-order valence-electron chi connectivity index (χ4n) is 1.55. The zero-order valence-electron chi connectivity index (χ0n) is 9.53. The lowest BCUT2D eigenvalue weighted by Crippen LogP contribution is -2.42. The fraction of sp³-hybridized carbons (Fsp3) is 0.417. The molecule has 2 nitrogen and oxygen atoms in total. The zero-order valence-corrected chi connectivity index (χ0v) is 10.5. The predicted molar refractivity (Wildman–Crippen MR) is 65.8 cm³/mol. The van der Waals surface area contributed by atoms with Crippen molar-refractivity contribution in [2.24, 2.45) is 4.99 Å². The molecule has 0 bridgehead atoms. The van der Waals surface area contributed by atoms with Gasteiger partial charge in [-0.15, -0.1) is 0 Å². The molecule has 0 fully saturated rings. The maximum Gasteiger partial charge on any atom is 0.251 e. The molecule has 0 saturated carbocycles. The number of hydrogen-bond donors (Lipinski definition) is 0. The number of aliphatic imine (C=N–C) groups is 1. The van der Waals surface area contributed by atoms with E-state index in [9.17, 15) is 0 Å². The first-order valence-corrected chi connectivity index (χ1v) is 8.37. The monoisotopic (exact) mass is 219 g/mol. The molecule has 1 aliphatic rings. The summed E-state index contributed by atoms with van der Waals surface area (Å²) in [6.45, 7) is 7.66. The van der Waals surface area contributed by atoms with Crippen molar-refractivity contribution in [2.45, 2.75) is 25.6 Å². The third kappa shape index (κ3) is 2.12. The zero-order chi connectivity index (χ0) is 10.9. The smallest absolute Gasteiger partial charge is 0.251 e. The van der Waals surface area contributed by atoms with E-state index >= 15 is 0 Å². The first kappa shape index (κ1) is 10.4. The first-order chi connectivity index (χ1) is 7.09. The van der Waals surface area contributed by atoms with Crippen LogP contribution in [-0.4, -0.2) is 20.8 Å². The van der Waals surface area contributed by atoms with Crippen LogP contribution in [0.15, 0.2) is 35.3 Å². The van der Waals surface area contributed by atoms with Crippen LogP contribution in [-0.2, 0) is 4.43 Å². The lowest BCUT2D eigenvalue weighted by Gasteiger charge is -2.34. The van der Waals surface area contributed by atoms with Gasteiger partial charge in [0, 0.05) is 17.6 Å². The van der Waals surface area contributed by atoms with E-state index in [0.29, 0.717) is 5.54 Å². The Morgan fingerprint density at radius 2 is 1.93 bits per heavy atom. The van der Waals surface area contributed by atoms with Crippen molar-refractivity contribution >= 4 is 14.2 Å². The van der Waals surface area contributed by atoms with Crippen molar-refractivity contribution in [1.82, 2.24) is 0 Å². The second kappa shape index (κ2) is 3.81. The lowest BCUT2D eigenvalue weighted by molar-refractivity contribution is 0.498. The van der Waals surface area contributed by atoms with E-state index in [1.807, 2.05) is 18.2 Å². The Labute approximate surface area is 92.1 Å². The SMILES string of the molecule is CC1CN=C(c2ccccc2)O[Si]1(C)C. The molecule has 80 valence electrons. The van der Waals surface area contributed by atoms with Gasteiger partial charge >= 0.3 is 0 Å². The minimum atomic E-state index is -1.57. The van der Waals surface area contributed by atoms with Crippen molar-refractivity contribution in [3.63, 3.8) is 0 Å². The molecule has 0 aliphatic carbocycles. The van der Waals surface area contributed by atoms with Crippen LogP contribution in [0.3, 0.4) is 0 Å². The minimum Gasteiger partial charge on any atom is -0.531 e. The molecule has 1 unspecified atom stereocenters. The average Bonchev–Trinajstić information content (AvgIpc) is 2.23. The van der Waals surface area contributed by atoms with Gasteiger partial charge in [-0.1, -0.05) is 25.1 Å². The number of benzene rings is 1. The highest BCUT2D eigenvalue weighted by atomic mass is 28.4. The predicted octanol–water partition coefficient (Wildman–Crippen LogP) is 3.06. The molecule has 1 atom stereocenters. The van der Waals surface area contributed by atoms with E-state index in [4.69, 9.17) is 4.43 Å². The maximum atomic E-state index is 6.06. The Morgan fingerprint density at radius 3 is 2.53 bits per heavy atom. The van der Waals surface area contributed by atoms with E-state index in [1.165, 1.54) is 0 Å². The van der Waals surface area contributed by atoms with Gasteiger partial charge in [0.05, 0.1) is 0 Å². The van der Waals surface area contributed by atoms with Gasteiger partial charge in [0.1, 0.15) is 0 Å². The molecule has 3 heteroatoms. The summed E-state index contributed by atoms with van der Waals surface area (Å²) in [7, 11) is -1.57. The molecule has 0 saturated heterocycles. The normalized spacial score (nSPS) is 24.2. The Morgan fingerprint density at radius 1 is 1.27 bits per heavy atom. The number of hydrogen-bond acceptors (Lipinski definition) is 2. The Bertz CT molecular complexity index is 372. The molecule has 1 aliphatic heterocycles. The molecule has 1 heterocycles. The van der Waals surface area contributed by atoms with Crippen LogP contribution in [0.25, 0.3) is 0 Å². The summed E-state index contributed by atoms with van der Waals surface area (Å²) in [6.07, 6.45) is 0. The summed E-state index contributed by atoms with van der Waals surface area (Å²) in [6, 6.07) is 10.2. The van der Waals surface area contributed by atoms with Gasteiger partial charge in [-0.25, -0.2) is 0 Å². The number of rotatable bonds is 1. The average molecular weight is 219 g/mol. The van der Waals surface area contributed by atoms with Crippen molar-refractivity contribution < 1.29 is 4.43 Å². The van der Waals surface area contributed by atoms with Gasteiger partial charge < -0.3 is 4.43 Å². The summed E-state index contributed by atoms with van der Waals surface area (Å²) in [5.74, 6) is 0.838. The summed E-state index contributed by atoms with van der Waals surface area (Å²) < 4.78 is 6.06. The van der Waals surface area contributed by atoms with Crippen LogP contribution in [0.5, 0.6) is 0 Å². The van der Waals surface area contributed by atoms with E-state index in [0.717, 1.165) is 18.0 Å². The van der Waals surface area contributed by atoms with Crippen LogP contribution >= 0.6 is 0 Å². The summed E-state index contributed by atoms with van der Waals surface area (Å²) >= 11 is 0. The summed E-state index contributed by atoms with van der Waals surface area (Å²) in [5.41, 5.74) is 1.70. The Hall–Kier alpha value is -1.09. The highest BCUT2D eigenvalue weighted by Gasteiger charge is 2.36. The van der Waals surface area contributed by atoms with Crippen LogP contribution in [0, 0.1) is 0 Å². The first-order valence-electron chi connectivity index (χ1n) is 5.38. The van der Waals surface area contributed by atoms with E-state index in [1.54, 1.807) is 0 Å². The highest BCUT2D eigenvalue weighted by molar-refractivity contribution is 6.74. The third-order valence-electron chi connectivity index (χ3n) is 3.08. The molecule has 0 N–H and O–H groups in total. The van der Waals surface area contributed by atoms with Crippen molar-refractivity contribution in [3.8, 4) is 0 Å². The molecule has 0 aromatic heterocycles. The quantitative estimate of drug-likeness (QED) is 0.665. The van der Waals surface area contributed by atoms with E-state index < -0.39 is 8.32 Å². The standard InChI is InChI=1S/C12H17NOSi/c1-10-9-13-12(14-15(10,2)3)11-7-5-4-6-8-11/h4-8,10H,9H2,1-3H3. The van der Waals surface area contributed by atoms with Gasteiger partial charge in [-0.2, -0.15) is 0 Å². The maximum absolute atomic E-state index is 6.06. The van der Waals surface area contributed by atoms with E-state index in [2.05, 4.69) is 37.1 Å². The molecular formula is C12H17NOSi. The Balaban J connectivity index is 2.26. The molecular weight excluding hydrogens is 202 g/mol. The van der Waals surface area contributed by atoms with Gasteiger partial charge in [-0.05, 0) is 25.2 Å². The van der Waals surface area contributed by atoms with Gasteiger partial charge in [0.15, 0.2) is 0 Å².